The Hall–Kier alpha value is -3.76. The van der Waals surface area contributed by atoms with Crippen LogP contribution in [0.4, 0.5) is 16.2 Å². The van der Waals surface area contributed by atoms with Gasteiger partial charge in [0.1, 0.15) is 0 Å². The summed E-state index contributed by atoms with van der Waals surface area (Å²) < 4.78 is 7.94. The van der Waals surface area contributed by atoms with Crippen LogP contribution in [0.2, 0.25) is 0 Å². The average molecular weight is 508 g/mol. The smallest absolute Gasteiger partial charge is 0.331 e. The third-order valence-corrected chi connectivity index (χ3v) is 6.58. The lowest BCUT2D eigenvalue weighted by atomic mass is 10.1. The molecular formula is C27H33N5O5. The highest BCUT2D eigenvalue weighted by atomic mass is 16.5. The minimum atomic E-state index is -0.515. The maximum absolute atomic E-state index is 13.2. The summed E-state index contributed by atoms with van der Waals surface area (Å²) in [5.74, 6) is -0.102. The van der Waals surface area contributed by atoms with Gasteiger partial charge in [0.15, 0.2) is 5.78 Å². The number of nitrogens with zero attached hydrogens (tertiary/aromatic N) is 3. The van der Waals surface area contributed by atoms with Gasteiger partial charge in [-0.15, -0.1) is 0 Å². The zero-order chi connectivity index (χ0) is 26.4. The molecule has 0 radical (unpaired) electrons. The molecule has 3 aromatic rings. The van der Waals surface area contributed by atoms with Crippen molar-refractivity contribution in [3.8, 4) is 0 Å². The Morgan fingerprint density at radius 1 is 0.919 bits per heavy atom. The monoisotopic (exact) mass is 507 g/mol. The van der Waals surface area contributed by atoms with Gasteiger partial charge in [0, 0.05) is 30.6 Å². The number of anilines is 2. The number of aryl methyl sites for hydroxylation is 1. The van der Waals surface area contributed by atoms with E-state index in [1.165, 1.54) is 31.4 Å². The lowest BCUT2D eigenvalue weighted by Gasteiger charge is -2.17. The zero-order valence-electron chi connectivity index (χ0n) is 21.3. The SMILES string of the molecule is COCCn1c(=O)c2cc(NC(=O)Nc3cccc(C(C)=O)c3)ccc2n(CCCN2CCCC2)c1=O. The van der Waals surface area contributed by atoms with Crippen LogP contribution in [0.15, 0.2) is 52.1 Å². The molecule has 10 heteroatoms. The first-order chi connectivity index (χ1) is 17.9. The summed E-state index contributed by atoms with van der Waals surface area (Å²) in [5.41, 5.74) is 1.11. The molecule has 0 atom stereocenters. The predicted molar refractivity (Wildman–Crippen MR) is 144 cm³/mol. The largest absolute Gasteiger partial charge is 0.383 e. The van der Waals surface area contributed by atoms with Crippen LogP contribution in [0.25, 0.3) is 10.9 Å². The van der Waals surface area contributed by atoms with E-state index in [1.807, 2.05) is 0 Å². The second-order valence-electron chi connectivity index (χ2n) is 9.23. The molecule has 0 aliphatic carbocycles. The highest BCUT2D eigenvalue weighted by Gasteiger charge is 2.16. The van der Waals surface area contributed by atoms with Gasteiger partial charge >= 0.3 is 11.7 Å². The third-order valence-electron chi connectivity index (χ3n) is 6.58. The van der Waals surface area contributed by atoms with Gasteiger partial charge in [0.2, 0.25) is 0 Å². The minimum Gasteiger partial charge on any atom is -0.383 e. The normalized spacial score (nSPS) is 13.7. The molecule has 2 heterocycles. The number of aromatic nitrogens is 2. The average Bonchev–Trinajstić information content (AvgIpc) is 3.40. The van der Waals surface area contributed by atoms with Crippen LogP contribution in [0.1, 0.15) is 36.5 Å². The number of carbonyl (C=O) groups is 2. The van der Waals surface area contributed by atoms with E-state index >= 15 is 0 Å². The highest BCUT2D eigenvalue weighted by molar-refractivity contribution is 6.02. The predicted octanol–water partition coefficient (Wildman–Crippen LogP) is 3.14. The quantitative estimate of drug-likeness (QED) is 0.408. The van der Waals surface area contributed by atoms with Crippen molar-refractivity contribution >= 4 is 34.1 Å². The number of ether oxygens (including phenoxy) is 1. The summed E-state index contributed by atoms with van der Waals surface area (Å²) in [7, 11) is 1.52. The number of hydrogen-bond acceptors (Lipinski definition) is 6. The summed E-state index contributed by atoms with van der Waals surface area (Å²) in [6, 6.07) is 11.1. The molecule has 1 aliphatic heterocycles. The van der Waals surface area contributed by atoms with Crippen molar-refractivity contribution in [1.29, 1.82) is 0 Å². The molecule has 1 saturated heterocycles. The molecule has 37 heavy (non-hydrogen) atoms. The van der Waals surface area contributed by atoms with E-state index < -0.39 is 11.6 Å². The van der Waals surface area contributed by atoms with Crippen LogP contribution >= 0.6 is 0 Å². The summed E-state index contributed by atoms with van der Waals surface area (Å²) in [4.78, 5) is 53.1. The summed E-state index contributed by atoms with van der Waals surface area (Å²) in [6.45, 7) is 5.38. The third kappa shape index (κ3) is 6.33. The van der Waals surface area contributed by atoms with Crippen LogP contribution in [0.3, 0.4) is 0 Å². The van der Waals surface area contributed by atoms with Gasteiger partial charge in [0.05, 0.1) is 24.1 Å². The maximum Gasteiger partial charge on any atom is 0.331 e. The first kappa shape index (κ1) is 26.3. The summed E-state index contributed by atoms with van der Waals surface area (Å²) in [5, 5.41) is 5.78. The fraction of sp³-hybridized carbons (Fsp3) is 0.407. The molecule has 0 unspecified atom stereocenters. The Labute approximate surface area is 214 Å². The molecule has 4 rings (SSSR count). The van der Waals surface area contributed by atoms with Crippen LogP contribution in [-0.2, 0) is 17.8 Å². The second kappa shape index (κ2) is 12.0. The van der Waals surface area contributed by atoms with Gasteiger partial charge < -0.3 is 20.3 Å². The molecule has 2 N–H and O–H groups in total. The van der Waals surface area contributed by atoms with Gasteiger partial charge in [-0.3, -0.25) is 18.7 Å². The van der Waals surface area contributed by atoms with Gasteiger partial charge in [0.25, 0.3) is 5.56 Å². The first-order valence-electron chi connectivity index (χ1n) is 12.5. The van der Waals surface area contributed by atoms with Crippen LogP contribution in [0.5, 0.6) is 0 Å². The van der Waals surface area contributed by atoms with Crippen LogP contribution < -0.4 is 21.9 Å². The van der Waals surface area contributed by atoms with E-state index in [4.69, 9.17) is 4.74 Å². The standard InChI is InChI=1S/C27H33N5O5/c1-19(33)20-7-5-8-21(17-20)28-26(35)29-22-9-10-24-23(18-22)25(34)32(15-16-37-2)27(36)31(24)14-6-13-30-11-3-4-12-30/h5,7-10,17-18H,3-4,6,11-16H2,1-2H3,(H2,28,29,35). The Bertz CT molecular complexity index is 1400. The molecule has 1 aromatic heterocycles. The van der Waals surface area contributed by atoms with E-state index in [0.717, 1.165) is 26.1 Å². The number of benzene rings is 2. The first-order valence-corrected chi connectivity index (χ1v) is 12.5. The van der Waals surface area contributed by atoms with Gasteiger partial charge in [-0.05, 0) is 76.2 Å². The van der Waals surface area contributed by atoms with Gasteiger partial charge in [-0.25, -0.2) is 9.59 Å². The molecule has 10 nitrogen and oxygen atoms in total. The topological polar surface area (TPSA) is 115 Å². The molecule has 0 bridgehead atoms. The molecular weight excluding hydrogens is 474 g/mol. The molecule has 0 spiro atoms. The number of amides is 2. The van der Waals surface area contributed by atoms with E-state index in [1.54, 1.807) is 47.0 Å². The number of fused-ring (bicyclic) bond motifs is 1. The Balaban J connectivity index is 1.59. The highest BCUT2D eigenvalue weighted by Crippen LogP contribution is 2.18. The number of methoxy groups -OCH3 is 1. The molecule has 1 aliphatic rings. The minimum absolute atomic E-state index is 0.102. The van der Waals surface area contributed by atoms with E-state index in [0.29, 0.717) is 34.4 Å². The number of likely N-dealkylation sites (tertiary alicyclic amines) is 1. The molecule has 0 saturated carbocycles. The number of carbonyl (C=O) groups excluding carboxylic acids is 2. The summed E-state index contributed by atoms with van der Waals surface area (Å²) >= 11 is 0. The van der Waals surface area contributed by atoms with Crippen molar-refractivity contribution in [2.24, 2.45) is 0 Å². The van der Waals surface area contributed by atoms with Crippen molar-refractivity contribution < 1.29 is 14.3 Å². The van der Waals surface area contributed by atoms with Crippen molar-refractivity contribution in [3.05, 3.63) is 68.9 Å². The number of nitrogens with one attached hydrogen (secondary N) is 2. The lowest BCUT2D eigenvalue weighted by Crippen LogP contribution is -2.41. The van der Waals surface area contributed by atoms with Gasteiger partial charge in [-0.2, -0.15) is 0 Å². The Morgan fingerprint density at radius 2 is 1.65 bits per heavy atom. The lowest BCUT2D eigenvalue weighted by molar-refractivity contribution is 0.101. The number of hydrogen-bond donors (Lipinski definition) is 2. The van der Waals surface area contributed by atoms with Crippen LogP contribution in [-0.4, -0.2) is 59.2 Å². The van der Waals surface area contributed by atoms with Crippen molar-refractivity contribution in [2.45, 2.75) is 39.3 Å². The molecule has 196 valence electrons. The van der Waals surface area contributed by atoms with Crippen molar-refractivity contribution in [2.75, 3.05) is 44.0 Å². The maximum atomic E-state index is 13.2. The summed E-state index contributed by atoms with van der Waals surface area (Å²) in [6.07, 6.45) is 3.20. The molecule has 2 aromatic carbocycles. The fourth-order valence-corrected chi connectivity index (χ4v) is 4.67. The molecule has 1 fully saturated rings. The number of rotatable bonds is 10. The zero-order valence-corrected chi connectivity index (χ0v) is 21.3. The number of Topliss-reactive ketones (excluding diaryl/α,β-unsaturated/α-hetero) is 1. The van der Waals surface area contributed by atoms with E-state index in [-0.39, 0.29) is 24.6 Å². The van der Waals surface area contributed by atoms with Crippen molar-refractivity contribution in [1.82, 2.24) is 14.0 Å². The number of ketones is 1. The van der Waals surface area contributed by atoms with Crippen LogP contribution in [0, 0.1) is 0 Å². The Morgan fingerprint density at radius 3 is 2.35 bits per heavy atom. The van der Waals surface area contributed by atoms with Gasteiger partial charge in [-0.1, -0.05) is 12.1 Å². The number of urea groups is 1. The van der Waals surface area contributed by atoms with Crippen molar-refractivity contribution in [3.63, 3.8) is 0 Å². The Kier molecular flexibility index (Phi) is 8.52. The fourth-order valence-electron chi connectivity index (χ4n) is 4.67. The second-order valence-corrected chi connectivity index (χ2v) is 9.23. The van der Waals surface area contributed by atoms with E-state index in [9.17, 15) is 19.2 Å². The van der Waals surface area contributed by atoms with E-state index in [2.05, 4.69) is 15.5 Å². The molecule has 2 amide bonds.